The lowest BCUT2D eigenvalue weighted by atomic mass is 10.0. The molecule has 0 saturated heterocycles. The number of benzene rings is 9. The summed E-state index contributed by atoms with van der Waals surface area (Å²) >= 11 is 3.29. The van der Waals surface area contributed by atoms with Gasteiger partial charge in [0.2, 0.25) is 0 Å². The van der Waals surface area contributed by atoms with Gasteiger partial charge in [0.1, 0.15) is 0 Å². The van der Waals surface area contributed by atoms with Crippen molar-refractivity contribution in [3.8, 4) is 112 Å². The van der Waals surface area contributed by atoms with Crippen LogP contribution in [0, 0.1) is 0 Å². The van der Waals surface area contributed by atoms with Gasteiger partial charge in [-0.3, -0.25) is 28.1 Å². The topological polar surface area (TPSA) is 258 Å². The van der Waals surface area contributed by atoms with Gasteiger partial charge in [0, 0.05) is 98.9 Å². The van der Waals surface area contributed by atoms with Crippen LogP contribution < -0.4 is 9.13 Å². The maximum Gasteiger partial charge on any atom is 0.329 e. The van der Waals surface area contributed by atoms with E-state index in [1.54, 1.807) is 36.4 Å². The molecule has 0 aliphatic heterocycles. The number of nitrogens with zero attached hydrogens (tertiary/aromatic N) is 8. The van der Waals surface area contributed by atoms with Gasteiger partial charge in [0.25, 0.3) is 0 Å². The second kappa shape index (κ2) is 37.3. The Balaban J connectivity index is 0.000000187. The third kappa shape index (κ3) is 23.1. The first-order valence-electron chi connectivity index (χ1n) is 35.7. The van der Waals surface area contributed by atoms with E-state index in [-0.39, 0.29) is 18.5 Å². The van der Waals surface area contributed by atoms with E-state index in [1.807, 2.05) is 177 Å². The van der Waals surface area contributed by atoms with E-state index < -0.39 is 29.9 Å². The quantitative estimate of drug-likeness (QED) is 0.0222. The molecule has 6 N–H and O–H groups in total. The summed E-state index contributed by atoms with van der Waals surface area (Å²) in [4.78, 5) is 82.6. The highest BCUT2D eigenvalue weighted by atomic mass is 79.9. The smallest absolute Gasteiger partial charge is 0.324 e. The molecule has 6 heterocycles. The summed E-state index contributed by atoms with van der Waals surface area (Å²) in [5, 5.41) is 0.753. The van der Waals surface area contributed by atoms with E-state index in [1.165, 1.54) is 0 Å². The third-order valence-corrected chi connectivity index (χ3v) is 20.8. The zero-order valence-electron chi connectivity index (χ0n) is 60.9. The minimum Gasteiger partial charge on any atom is -0.324 e. The van der Waals surface area contributed by atoms with Crippen LogP contribution in [-0.2, 0) is 50.6 Å². The molecule has 0 aliphatic carbocycles. The summed E-state index contributed by atoms with van der Waals surface area (Å²) in [6.07, 6.45) is 14.6. The molecule has 0 aliphatic rings. The number of rotatable bonds is 21. The van der Waals surface area contributed by atoms with Gasteiger partial charge in [0.05, 0.1) is 49.8 Å². The number of aromatic nitrogens is 8. The fourth-order valence-corrected chi connectivity index (χ4v) is 14.7. The SMILES string of the molecule is O=P(O)(O)Cc1ccc(CBr)cc1.O=P(O)(O)Cc1ccc(C[n+]2ccc(-c3ccc(-c4cc(-c5ccc(-c6cc[n+](Cc7ccc(CP(=O)(O)O)cc7)cc6)cc5)nc(-c5ccccc5)n4)cc3)cc2)cc1.[2H]CF.c1ccc(-c2nc(-c3ccc(-c4ccncc4)cc3)cc(-c3ccc(-c4ccncc4)cc3)n2)cc1. The lowest BCUT2D eigenvalue weighted by Crippen LogP contribution is -2.32. The Hall–Kier alpha value is -11.4. The van der Waals surface area contributed by atoms with E-state index in [0.29, 0.717) is 41.4 Å². The number of alkyl halides is 2. The second-order valence-electron chi connectivity index (χ2n) is 26.0. The molecule has 0 bridgehead atoms. The molecule has 0 spiro atoms. The lowest BCUT2D eigenvalue weighted by Gasteiger charge is -2.11. The molecule has 0 fully saturated rings. The minimum atomic E-state index is -4.10. The second-order valence-corrected chi connectivity index (χ2v) is 31.5. The van der Waals surface area contributed by atoms with Gasteiger partial charge in [-0.2, -0.15) is 0 Å². The zero-order chi connectivity index (χ0) is 78.5. The van der Waals surface area contributed by atoms with Gasteiger partial charge in [0.15, 0.2) is 49.5 Å². The van der Waals surface area contributed by atoms with Crippen molar-refractivity contribution in [3.63, 3.8) is 0 Å². The minimum absolute atomic E-state index is 0.185. The molecule has 6 aromatic heterocycles. The first-order valence-corrected chi connectivity index (χ1v) is 41.6. The predicted octanol–water partition coefficient (Wildman–Crippen LogP) is 19.3. The molecule has 0 amide bonds. The fourth-order valence-electron chi connectivity index (χ4n) is 12.2. The third-order valence-electron chi connectivity index (χ3n) is 17.8. The van der Waals surface area contributed by atoms with Crippen LogP contribution in [0.15, 0.2) is 341 Å². The molecular weight excluding hydrogens is 1520 g/mol. The van der Waals surface area contributed by atoms with Crippen molar-refractivity contribution in [2.75, 3.05) is 7.15 Å². The van der Waals surface area contributed by atoms with Crippen molar-refractivity contribution in [2.24, 2.45) is 0 Å². The van der Waals surface area contributed by atoms with E-state index in [0.717, 1.165) is 123 Å². The largest absolute Gasteiger partial charge is 0.329 e. The summed E-state index contributed by atoms with van der Waals surface area (Å²) in [5.41, 5.74) is 23.3. The maximum atomic E-state index is 11.3. The van der Waals surface area contributed by atoms with Crippen molar-refractivity contribution >= 4 is 38.7 Å². The molecule has 0 radical (unpaired) electrons. The van der Waals surface area contributed by atoms with Crippen molar-refractivity contribution in [1.82, 2.24) is 29.9 Å². The molecule has 9 aromatic carbocycles. The Morgan fingerprint density at radius 1 is 0.306 bits per heavy atom. The van der Waals surface area contributed by atoms with Crippen LogP contribution >= 0.6 is 38.7 Å². The summed E-state index contributed by atoms with van der Waals surface area (Å²) in [5.74, 6) is 1.35. The van der Waals surface area contributed by atoms with Crippen LogP contribution in [0.1, 0.15) is 34.8 Å². The highest BCUT2D eigenvalue weighted by molar-refractivity contribution is 9.08. The van der Waals surface area contributed by atoms with Crippen LogP contribution in [0.4, 0.5) is 4.39 Å². The predicted molar refractivity (Wildman–Crippen MR) is 439 cm³/mol. The van der Waals surface area contributed by atoms with Crippen molar-refractivity contribution < 1.29 is 58.0 Å². The Morgan fingerprint density at radius 2 is 0.532 bits per heavy atom. The van der Waals surface area contributed by atoms with Crippen molar-refractivity contribution in [2.45, 2.75) is 36.9 Å². The van der Waals surface area contributed by atoms with Crippen molar-refractivity contribution in [3.05, 3.63) is 374 Å². The average Bonchev–Trinajstić information content (AvgIpc) is 0.797. The standard InChI is InChI=1S/C48H40N4O6P2.C32H22N4.C8H10BrO3P.CH3F/c53-59(54,55)33-37-10-6-35(7-11-37)31-51-26-22-41(23-27-51)39-14-18-43(19-15-39)46-30-47(50-48(49-46)45-4-2-1-3-5-45)44-20-16-40(17-21-44)42-24-28-52(29-25-42)32-36-8-12-38(13-9-36)34-60(56,57)58;1-2-4-29(5-3-1)32-35-30(27-10-6-23(7-11-27)25-14-18-33-19-15-25)22-31(36-32)28-12-8-24(9-13-28)26-16-20-34-21-17-26;9-5-7-1-3-8(4-2-7)6-13(10,11)12;1-2/h1-30H,31-34H2,(H2-2,53,54,55,56,57,58);1-22H;1-4H,5-6H2,(H2,10,11,12);1H3/p+2/i;;;1D. The van der Waals surface area contributed by atoms with Gasteiger partial charge in [-0.05, 0) is 103 Å². The van der Waals surface area contributed by atoms with Crippen molar-refractivity contribution in [1.29, 1.82) is 0 Å². The van der Waals surface area contributed by atoms with Gasteiger partial charge in [-0.15, -0.1) is 0 Å². The van der Waals surface area contributed by atoms with E-state index >= 15 is 0 Å². The maximum absolute atomic E-state index is 11.3. The Labute approximate surface area is 653 Å². The van der Waals surface area contributed by atoms with Gasteiger partial charge >= 0.3 is 22.8 Å². The first kappa shape index (κ1) is 77.7. The van der Waals surface area contributed by atoms with Gasteiger partial charge in [-0.1, -0.05) is 246 Å². The molecule has 0 saturated carbocycles. The molecule has 17 nitrogen and oxygen atoms in total. The number of hydrogen-bond donors (Lipinski definition) is 6. The molecule has 0 unspecified atom stereocenters. The molecule has 15 rings (SSSR count). The molecule has 554 valence electrons. The Morgan fingerprint density at radius 3 is 0.784 bits per heavy atom. The number of pyridine rings is 4. The van der Waals surface area contributed by atoms with Crippen LogP contribution in [0.2, 0.25) is 0 Å². The molecule has 0 atom stereocenters. The monoisotopic (exact) mass is 1590 g/mol. The molecular formula is C89H77BrFN8O9P3+2. The molecule has 22 heteroatoms. The number of halogens is 2. The van der Waals surface area contributed by atoms with Crippen LogP contribution in [0.3, 0.4) is 0 Å². The average molecular weight is 1600 g/mol. The lowest BCUT2D eigenvalue weighted by molar-refractivity contribution is -0.688. The van der Waals surface area contributed by atoms with Gasteiger partial charge < -0.3 is 29.4 Å². The summed E-state index contributed by atoms with van der Waals surface area (Å²) in [7, 11) is -13.1. The van der Waals surface area contributed by atoms with E-state index in [2.05, 4.69) is 162 Å². The molecule has 15 aromatic rings. The Bertz CT molecular complexity index is 5430. The van der Waals surface area contributed by atoms with E-state index in [4.69, 9.17) is 31.1 Å². The zero-order valence-corrected chi connectivity index (χ0v) is 64.1. The molecule has 111 heavy (non-hydrogen) atoms. The first-order chi connectivity index (χ1) is 54.1. The fraction of sp³-hybridized carbons (Fsp3) is 0.0787. The Kier molecular flexibility index (Phi) is 26.2. The van der Waals surface area contributed by atoms with E-state index in [9.17, 15) is 37.7 Å². The summed E-state index contributed by atoms with van der Waals surface area (Å²) < 4.78 is 52.9. The number of hydrogen-bond acceptors (Lipinski definition) is 9. The summed E-state index contributed by atoms with van der Waals surface area (Å²) in [6, 6.07) is 96.1. The van der Waals surface area contributed by atoms with Crippen LogP contribution in [-0.4, -0.2) is 66.4 Å². The van der Waals surface area contributed by atoms with Crippen LogP contribution in [0.25, 0.3) is 112 Å². The highest BCUT2D eigenvalue weighted by Gasteiger charge is 2.19. The van der Waals surface area contributed by atoms with Crippen LogP contribution in [0.5, 0.6) is 0 Å². The van der Waals surface area contributed by atoms with Gasteiger partial charge in [-0.25, -0.2) is 29.1 Å². The summed E-state index contributed by atoms with van der Waals surface area (Å²) in [6.45, 7) is 1.27. The normalized spacial score (nSPS) is 11.4. The highest BCUT2D eigenvalue weighted by Crippen LogP contribution is 2.41.